The number of carbonyl (C=O) groups excluding carboxylic acids is 1. The minimum Gasteiger partial charge on any atom is -0.453 e. The van der Waals surface area contributed by atoms with Crippen molar-refractivity contribution in [3.05, 3.63) is 41.5 Å². The second-order valence-corrected chi connectivity index (χ2v) is 8.38. The number of rotatable bonds is 6. The van der Waals surface area contributed by atoms with Crippen molar-refractivity contribution in [3.8, 4) is 11.4 Å². The van der Waals surface area contributed by atoms with Gasteiger partial charge in [-0.2, -0.15) is 0 Å². The van der Waals surface area contributed by atoms with Gasteiger partial charge in [-0.15, -0.1) is 0 Å². The molecule has 1 aliphatic rings. The number of ether oxygens (including phenoxy) is 2. The maximum Gasteiger partial charge on any atom is 0.409 e. The van der Waals surface area contributed by atoms with E-state index in [4.69, 9.17) is 19.0 Å². The van der Waals surface area contributed by atoms with Crippen molar-refractivity contribution in [3.63, 3.8) is 0 Å². The van der Waals surface area contributed by atoms with Crippen LogP contribution in [0.1, 0.15) is 23.9 Å². The molecule has 176 valence electrons. The monoisotopic (exact) mass is 474 g/mol. The average Bonchev–Trinajstić information content (AvgIpc) is 3.15. The Labute approximate surface area is 193 Å². The summed E-state index contributed by atoms with van der Waals surface area (Å²) in [7, 11) is 1.37. The molecule has 1 amide bonds. The predicted molar refractivity (Wildman–Crippen MR) is 122 cm³/mol. The summed E-state index contributed by atoms with van der Waals surface area (Å²) in [5.41, 5.74) is 4.61. The largest absolute Gasteiger partial charge is 0.453 e. The molecule has 2 N–H and O–H groups in total. The topological polar surface area (TPSA) is 131 Å². The third-order valence-electron chi connectivity index (χ3n) is 5.55. The Kier molecular flexibility index (Phi) is 6.86. The van der Waals surface area contributed by atoms with Crippen LogP contribution in [0.2, 0.25) is 0 Å². The van der Waals surface area contributed by atoms with E-state index in [2.05, 4.69) is 21.6 Å². The summed E-state index contributed by atoms with van der Waals surface area (Å²) in [5.74, 6) is 0.194. The molecule has 0 radical (unpaired) electrons. The zero-order chi connectivity index (χ0) is 23.5. The first-order valence-corrected chi connectivity index (χ1v) is 11.7. The molecule has 0 spiro atoms. The fourth-order valence-electron chi connectivity index (χ4n) is 3.95. The van der Waals surface area contributed by atoms with Gasteiger partial charge in [-0.3, -0.25) is 9.27 Å². The van der Waals surface area contributed by atoms with E-state index in [1.807, 2.05) is 22.7 Å². The third kappa shape index (κ3) is 4.97. The molecule has 1 aliphatic heterocycles. The maximum absolute atomic E-state index is 12.0. The van der Waals surface area contributed by atoms with Gasteiger partial charge in [-0.05, 0) is 31.0 Å². The number of anilines is 1. The first-order valence-electron chi connectivity index (χ1n) is 10.6. The number of nitrogens with zero attached hydrogens (tertiary/aromatic N) is 5. The number of hydrogen-bond acceptors (Lipinski definition) is 7. The molecule has 3 aromatic heterocycles. The van der Waals surface area contributed by atoms with E-state index < -0.39 is 11.3 Å². The fourth-order valence-corrected chi connectivity index (χ4v) is 4.23. The molecule has 12 heteroatoms. The van der Waals surface area contributed by atoms with Crippen LogP contribution in [-0.4, -0.2) is 72.0 Å². The van der Waals surface area contributed by atoms with Gasteiger partial charge < -0.3 is 18.8 Å². The molecular weight excluding hydrogens is 448 g/mol. The highest BCUT2D eigenvalue weighted by Gasteiger charge is 2.28. The Bertz CT molecular complexity index is 1200. The third-order valence-corrected chi connectivity index (χ3v) is 5.94. The van der Waals surface area contributed by atoms with Gasteiger partial charge in [0.05, 0.1) is 44.0 Å². The van der Waals surface area contributed by atoms with Crippen LogP contribution in [0.15, 0.2) is 24.5 Å². The highest BCUT2D eigenvalue weighted by atomic mass is 32.2. The van der Waals surface area contributed by atoms with Crippen molar-refractivity contribution >= 4 is 28.8 Å². The van der Waals surface area contributed by atoms with Crippen LogP contribution < -0.4 is 4.72 Å². The molecular formula is C21H26N6O5S. The van der Waals surface area contributed by atoms with E-state index in [9.17, 15) is 9.00 Å². The van der Waals surface area contributed by atoms with E-state index in [-0.39, 0.29) is 18.0 Å². The fraction of sp³-hybridized carbons (Fsp3) is 0.429. The van der Waals surface area contributed by atoms with Crippen molar-refractivity contribution in [2.45, 2.75) is 32.8 Å². The number of amides is 1. The van der Waals surface area contributed by atoms with E-state index in [0.29, 0.717) is 43.2 Å². The van der Waals surface area contributed by atoms with Crippen LogP contribution >= 0.6 is 0 Å². The first kappa shape index (κ1) is 23.1. The van der Waals surface area contributed by atoms with Gasteiger partial charge >= 0.3 is 6.09 Å². The summed E-state index contributed by atoms with van der Waals surface area (Å²) in [5, 5.41) is 0. The molecule has 4 heterocycles. The van der Waals surface area contributed by atoms with Crippen molar-refractivity contribution in [2.24, 2.45) is 0 Å². The number of carbonyl (C=O) groups is 1. The molecule has 0 aromatic carbocycles. The second-order valence-electron chi connectivity index (χ2n) is 7.68. The van der Waals surface area contributed by atoms with Gasteiger partial charge in [-0.25, -0.2) is 24.0 Å². The van der Waals surface area contributed by atoms with Crippen LogP contribution in [0.3, 0.4) is 0 Å². The lowest BCUT2D eigenvalue weighted by Gasteiger charge is -2.32. The molecule has 1 saturated heterocycles. The molecule has 3 aromatic rings. The Morgan fingerprint density at radius 3 is 2.91 bits per heavy atom. The van der Waals surface area contributed by atoms with E-state index in [1.165, 1.54) is 13.3 Å². The molecule has 0 bridgehead atoms. The normalized spacial score (nSPS) is 17.2. The van der Waals surface area contributed by atoms with Gasteiger partial charge in [0, 0.05) is 19.2 Å². The van der Waals surface area contributed by atoms with Crippen LogP contribution in [-0.2, 0) is 33.6 Å². The molecule has 4 rings (SSSR count). The molecule has 0 aliphatic carbocycles. The molecule has 11 nitrogen and oxygen atoms in total. The average molecular weight is 475 g/mol. The molecule has 2 atom stereocenters. The number of morpholine rings is 1. The number of pyridine rings is 1. The minimum atomic E-state index is -2.24. The van der Waals surface area contributed by atoms with Crippen molar-refractivity contribution in [1.82, 2.24) is 24.3 Å². The Morgan fingerprint density at radius 1 is 1.39 bits per heavy atom. The molecule has 0 saturated carbocycles. The maximum atomic E-state index is 12.0. The number of imidazole rings is 1. The van der Waals surface area contributed by atoms with Gasteiger partial charge in [0.1, 0.15) is 17.0 Å². The van der Waals surface area contributed by atoms with Crippen molar-refractivity contribution < 1.29 is 23.0 Å². The Balaban J connectivity index is 1.74. The lowest BCUT2D eigenvalue weighted by atomic mass is 10.1. The summed E-state index contributed by atoms with van der Waals surface area (Å²) < 4.78 is 35.3. The highest BCUT2D eigenvalue weighted by molar-refractivity contribution is 7.80. The number of aromatic nitrogens is 4. The van der Waals surface area contributed by atoms with E-state index in [1.54, 1.807) is 11.8 Å². The van der Waals surface area contributed by atoms with Gasteiger partial charge in [0.15, 0.2) is 5.82 Å². The molecule has 1 fully saturated rings. The van der Waals surface area contributed by atoms with Crippen LogP contribution in [0, 0.1) is 6.92 Å². The number of fused-ring (bicyclic) bond motifs is 1. The van der Waals surface area contributed by atoms with Crippen LogP contribution in [0.25, 0.3) is 17.0 Å². The van der Waals surface area contributed by atoms with Crippen molar-refractivity contribution in [1.29, 1.82) is 0 Å². The summed E-state index contributed by atoms with van der Waals surface area (Å²) in [6, 6.07) is 4.08. The zero-order valence-electron chi connectivity index (χ0n) is 18.6. The SMILES string of the molecule is CCc1ccn2c(CC3CN(C(=O)OC)CCO3)c(-c3ncc(NS(=O)O)nc3C)nc2c1. The zero-order valence-corrected chi connectivity index (χ0v) is 19.5. The Morgan fingerprint density at radius 2 is 2.21 bits per heavy atom. The first-order chi connectivity index (χ1) is 15.9. The van der Waals surface area contributed by atoms with Gasteiger partial charge in [0.2, 0.25) is 0 Å². The lowest BCUT2D eigenvalue weighted by molar-refractivity contribution is -0.0241. The molecule has 2 unspecified atom stereocenters. The number of nitrogens with one attached hydrogen (secondary N) is 1. The van der Waals surface area contributed by atoms with Crippen molar-refractivity contribution in [2.75, 3.05) is 31.5 Å². The molecule has 33 heavy (non-hydrogen) atoms. The smallest absolute Gasteiger partial charge is 0.409 e. The summed E-state index contributed by atoms with van der Waals surface area (Å²) >= 11 is -2.24. The van der Waals surface area contributed by atoms with E-state index in [0.717, 1.165) is 23.3 Å². The summed E-state index contributed by atoms with van der Waals surface area (Å²) in [6.45, 7) is 5.16. The van der Waals surface area contributed by atoms with Crippen LogP contribution in [0.4, 0.5) is 10.6 Å². The standard InChI is InChI=1S/C21H26N6O5S/c1-4-14-5-6-27-16(10-15-12-26(7-8-32-15)21(28)31-3)20(24-18(27)9-14)19-13(2)23-17(11-22-19)25-33(29)30/h5-6,9,11,15H,4,7-8,10,12H2,1-3H3,(H,23,25)(H,29,30). The highest BCUT2D eigenvalue weighted by Crippen LogP contribution is 2.28. The predicted octanol–water partition coefficient (Wildman–Crippen LogP) is 2.22. The van der Waals surface area contributed by atoms with E-state index >= 15 is 0 Å². The quantitative estimate of drug-likeness (QED) is 0.520. The summed E-state index contributed by atoms with van der Waals surface area (Å²) in [4.78, 5) is 27.3. The number of methoxy groups -OCH3 is 1. The Hall–Kier alpha value is -3.09. The van der Waals surface area contributed by atoms with Gasteiger partial charge in [0.25, 0.3) is 11.3 Å². The van der Waals surface area contributed by atoms with Gasteiger partial charge in [-0.1, -0.05) is 6.92 Å². The second kappa shape index (κ2) is 9.81. The number of aryl methyl sites for hydroxylation is 2. The van der Waals surface area contributed by atoms with Crippen LogP contribution in [0.5, 0.6) is 0 Å². The minimum absolute atomic E-state index is 0.194. The number of hydrogen-bond donors (Lipinski definition) is 2. The lowest BCUT2D eigenvalue weighted by Crippen LogP contribution is -2.46. The summed E-state index contributed by atoms with van der Waals surface area (Å²) in [6.07, 6.45) is 4.14.